The summed E-state index contributed by atoms with van der Waals surface area (Å²) in [7, 11) is 0. The molecule has 0 radical (unpaired) electrons. The minimum Gasteiger partial charge on any atom is -0.294 e. The highest BCUT2D eigenvalue weighted by molar-refractivity contribution is 6.12. The Morgan fingerprint density at radius 1 is 1.00 bits per heavy atom. The SMILES string of the molecule is Cc1nc2c3ccccc3c3ccnc4c3n2c1CC4. The summed E-state index contributed by atoms with van der Waals surface area (Å²) >= 11 is 0. The molecule has 0 aliphatic carbocycles. The van der Waals surface area contributed by atoms with Gasteiger partial charge in [-0.25, -0.2) is 4.98 Å². The Bertz CT molecular complexity index is 1010. The minimum atomic E-state index is 1.01. The van der Waals surface area contributed by atoms with Crippen molar-refractivity contribution in [1.29, 1.82) is 0 Å². The van der Waals surface area contributed by atoms with Crippen LogP contribution in [-0.2, 0) is 12.8 Å². The number of rotatable bonds is 0. The Morgan fingerprint density at radius 3 is 2.75 bits per heavy atom. The van der Waals surface area contributed by atoms with Gasteiger partial charge in [0.25, 0.3) is 0 Å². The molecule has 0 spiro atoms. The fourth-order valence-electron chi connectivity index (χ4n) is 3.57. The molecule has 0 bridgehead atoms. The third-order valence-electron chi connectivity index (χ3n) is 4.45. The highest BCUT2D eigenvalue weighted by Crippen LogP contribution is 2.34. The number of fused-ring (bicyclic) bond motifs is 3. The predicted octanol–water partition coefficient (Wildman–Crippen LogP) is 3.44. The van der Waals surface area contributed by atoms with Gasteiger partial charge in [0, 0.05) is 22.7 Å². The third-order valence-corrected chi connectivity index (χ3v) is 4.45. The van der Waals surface area contributed by atoms with Gasteiger partial charge in [0.05, 0.1) is 16.9 Å². The molecule has 0 N–H and O–H groups in total. The van der Waals surface area contributed by atoms with Crippen molar-refractivity contribution in [3.05, 3.63) is 53.6 Å². The molecule has 3 nitrogen and oxygen atoms in total. The number of aromatic nitrogens is 3. The lowest BCUT2D eigenvalue weighted by atomic mass is 10.0. The summed E-state index contributed by atoms with van der Waals surface area (Å²) in [4.78, 5) is 9.42. The summed E-state index contributed by atoms with van der Waals surface area (Å²) < 4.78 is 2.33. The van der Waals surface area contributed by atoms with Crippen molar-refractivity contribution in [3.8, 4) is 0 Å². The van der Waals surface area contributed by atoms with Crippen LogP contribution in [0.3, 0.4) is 0 Å². The summed E-state index contributed by atoms with van der Waals surface area (Å²) in [6.45, 7) is 2.12. The molecular weight excluding hydrogens is 246 g/mol. The highest BCUT2D eigenvalue weighted by atomic mass is 15.0. The van der Waals surface area contributed by atoms with Crippen molar-refractivity contribution in [1.82, 2.24) is 14.4 Å². The van der Waals surface area contributed by atoms with Crippen LogP contribution < -0.4 is 0 Å². The van der Waals surface area contributed by atoms with Crippen molar-refractivity contribution in [2.75, 3.05) is 0 Å². The van der Waals surface area contributed by atoms with Crippen LogP contribution in [0.1, 0.15) is 17.1 Å². The van der Waals surface area contributed by atoms with Gasteiger partial charge in [0.1, 0.15) is 5.65 Å². The van der Waals surface area contributed by atoms with Gasteiger partial charge in [-0.3, -0.25) is 9.38 Å². The van der Waals surface area contributed by atoms with E-state index in [0.717, 1.165) is 24.2 Å². The standard InChI is InChI=1S/C17H13N3/c1-10-15-7-6-14-16-12(8-9-18-14)11-4-2-3-5-13(11)17(19-10)20(15)16/h2-5,8-9H,6-7H2,1H3. The third kappa shape index (κ3) is 1.07. The molecule has 3 heteroatoms. The Balaban J connectivity index is 2.26. The summed E-state index contributed by atoms with van der Waals surface area (Å²) in [5.74, 6) is 0. The summed E-state index contributed by atoms with van der Waals surface area (Å²) in [5.41, 5.74) is 6.02. The quantitative estimate of drug-likeness (QED) is 0.453. The zero-order valence-corrected chi connectivity index (χ0v) is 11.2. The van der Waals surface area contributed by atoms with Crippen molar-refractivity contribution in [2.24, 2.45) is 0 Å². The largest absolute Gasteiger partial charge is 0.294 e. The maximum atomic E-state index is 4.83. The topological polar surface area (TPSA) is 30.2 Å². The number of pyridine rings is 2. The van der Waals surface area contributed by atoms with Gasteiger partial charge in [0.15, 0.2) is 0 Å². The van der Waals surface area contributed by atoms with Gasteiger partial charge >= 0.3 is 0 Å². The van der Waals surface area contributed by atoms with E-state index in [-0.39, 0.29) is 0 Å². The molecule has 20 heavy (non-hydrogen) atoms. The lowest BCUT2D eigenvalue weighted by Gasteiger charge is -2.17. The van der Waals surface area contributed by atoms with Crippen molar-refractivity contribution < 1.29 is 0 Å². The van der Waals surface area contributed by atoms with Gasteiger partial charge in [-0.2, -0.15) is 0 Å². The molecule has 0 saturated carbocycles. The van der Waals surface area contributed by atoms with Crippen molar-refractivity contribution in [3.63, 3.8) is 0 Å². The first-order valence-corrected chi connectivity index (χ1v) is 7.01. The number of aryl methyl sites for hydroxylation is 3. The van der Waals surface area contributed by atoms with Gasteiger partial charge in [-0.15, -0.1) is 0 Å². The zero-order chi connectivity index (χ0) is 13.3. The van der Waals surface area contributed by atoms with E-state index in [1.165, 1.54) is 33.1 Å². The molecule has 0 unspecified atom stereocenters. The average Bonchev–Trinajstić information content (AvgIpc) is 2.84. The molecule has 0 amide bonds. The van der Waals surface area contributed by atoms with Crippen LogP contribution >= 0.6 is 0 Å². The average molecular weight is 259 g/mol. The van der Waals surface area contributed by atoms with E-state index in [9.17, 15) is 0 Å². The van der Waals surface area contributed by atoms with Crippen LogP contribution in [0.2, 0.25) is 0 Å². The van der Waals surface area contributed by atoms with Gasteiger partial charge in [0.2, 0.25) is 0 Å². The normalized spacial score (nSPS) is 13.8. The van der Waals surface area contributed by atoms with E-state index >= 15 is 0 Å². The summed E-state index contributed by atoms with van der Waals surface area (Å²) in [6, 6.07) is 10.7. The maximum absolute atomic E-state index is 4.83. The van der Waals surface area contributed by atoms with E-state index in [4.69, 9.17) is 4.98 Å². The van der Waals surface area contributed by atoms with E-state index in [2.05, 4.69) is 46.6 Å². The Morgan fingerprint density at radius 2 is 1.85 bits per heavy atom. The Kier molecular flexibility index (Phi) is 1.75. The fraction of sp³-hybridized carbons (Fsp3) is 0.176. The predicted molar refractivity (Wildman–Crippen MR) is 80.1 cm³/mol. The van der Waals surface area contributed by atoms with E-state index in [0.29, 0.717) is 0 Å². The van der Waals surface area contributed by atoms with Crippen molar-refractivity contribution >= 4 is 27.3 Å². The molecule has 4 heterocycles. The summed E-state index contributed by atoms with van der Waals surface area (Å²) in [6.07, 6.45) is 3.98. The molecule has 0 saturated heterocycles. The van der Waals surface area contributed by atoms with Crippen LogP contribution in [0.4, 0.5) is 0 Å². The molecule has 1 aromatic carbocycles. The molecule has 4 aromatic rings. The van der Waals surface area contributed by atoms with Crippen molar-refractivity contribution in [2.45, 2.75) is 19.8 Å². The summed E-state index contributed by atoms with van der Waals surface area (Å²) in [5, 5.41) is 3.79. The lowest BCUT2D eigenvalue weighted by Crippen LogP contribution is -2.09. The molecule has 0 fully saturated rings. The minimum absolute atomic E-state index is 1.01. The number of hydrogen-bond donors (Lipinski definition) is 0. The van der Waals surface area contributed by atoms with E-state index < -0.39 is 0 Å². The van der Waals surface area contributed by atoms with Gasteiger partial charge in [-0.05, 0) is 31.2 Å². The molecular formula is C17H13N3. The van der Waals surface area contributed by atoms with Crippen LogP contribution in [-0.4, -0.2) is 14.4 Å². The first-order valence-electron chi connectivity index (χ1n) is 7.01. The second kappa shape index (κ2) is 3.37. The van der Waals surface area contributed by atoms with Crippen LogP contribution in [0.5, 0.6) is 0 Å². The number of imidazole rings is 1. The Labute approximate surface area is 115 Å². The van der Waals surface area contributed by atoms with Gasteiger partial charge in [-0.1, -0.05) is 24.3 Å². The molecule has 1 aliphatic rings. The maximum Gasteiger partial charge on any atom is 0.145 e. The molecule has 3 aromatic heterocycles. The first kappa shape index (κ1) is 10.4. The fourth-order valence-corrected chi connectivity index (χ4v) is 3.57. The smallest absolute Gasteiger partial charge is 0.145 e. The second-order valence-corrected chi connectivity index (χ2v) is 5.50. The van der Waals surface area contributed by atoms with Crippen LogP contribution in [0.15, 0.2) is 36.5 Å². The molecule has 1 aliphatic heterocycles. The molecule has 96 valence electrons. The lowest BCUT2D eigenvalue weighted by molar-refractivity contribution is 0.837. The number of nitrogens with zero attached hydrogens (tertiary/aromatic N) is 3. The number of hydrogen-bond acceptors (Lipinski definition) is 2. The second-order valence-electron chi connectivity index (χ2n) is 5.50. The van der Waals surface area contributed by atoms with E-state index in [1.807, 2.05) is 6.20 Å². The monoisotopic (exact) mass is 259 g/mol. The van der Waals surface area contributed by atoms with Crippen LogP contribution in [0, 0.1) is 6.92 Å². The van der Waals surface area contributed by atoms with Gasteiger partial charge < -0.3 is 0 Å². The van der Waals surface area contributed by atoms with E-state index in [1.54, 1.807) is 0 Å². The molecule has 0 atom stereocenters. The van der Waals surface area contributed by atoms with Crippen LogP contribution in [0.25, 0.3) is 27.3 Å². The molecule has 5 rings (SSSR count). The number of benzene rings is 1. The zero-order valence-electron chi connectivity index (χ0n) is 11.2. The first-order chi connectivity index (χ1) is 9.84. The highest BCUT2D eigenvalue weighted by Gasteiger charge is 2.21. The Hall–Kier alpha value is -2.42.